The van der Waals surface area contributed by atoms with Crippen LogP contribution in [0.2, 0.25) is 0 Å². The Balaban J connectivity index is 1.46. The number of nitrogens with one attached hydrogen (secondary N) is 2. The molecule has 0 aliphatic rings. The third-order valence-electron chi connectivity index (χ3n) is 4.61. The van der Waals surface area contributed by atoms with Gasteiger partial charge < -0.3 is 10.1 Å². The van der Waals surface area contributed by atoms with Crippen molar-refractivity contribution in [3.05, 3.63) is 54.1 Å². The van der Waals surface area contributed by atoms with Gasteiger partial charge in [0, 0.05) is 24.9 Å². The van der Waals surface area contributed by atoms with Gasteiger partial charge in [-0.3, -0.25) is 9.89 Å². The van der Waals surface area contributed by atoms with Crippen LogP contribution in [0.4, 0.5) is 0 Å². The van der Waals surface area contributed by atoms with Crippen molar-refractivity contribution < 1.29 is 17.9 Å². The van der Waals surface area contributed by atoms with Crippen molar-refractivity contribution in [3.63, 3.8) is 0 Å². The van der Waals surface area contributed by atoms with Crippen molar-refractivity contribution in [1.29, 1.82) is 0 Å². The Morgan fingerprint density at radius 3 is 2.66 bits per heavy atom. The van der Waals surface area contributed by atoms with Gasteiger partial charge in [0.2, 0.25) is 21.1 Å². The number of hydrogen-bond donors (Lipinski definition) is 2. The van der Waals surface area contributed by atoms with Crippen LogP contribution in [-0.4, -0.2) is 66.8 Å². The maximum absolute atomic E-state index is 12.7. The molecule has 0 radical (unpaired) electrons. The molecular formula is C21H25N5O4S2. The fraction of sp³-hybridized carbons (Fsp3) is 0.286. The molecule has 1 aromatic heterocycles. The predicted octanol–water partition coefficient (Wildman–Crippen LogP) is 2.32. The van der Waals surface area contributed by atoms with Crippen LogP contribution in [0.25, 0.3) is 11.4 Å². The minimum absolute atomic E-state index is 0.112. The second kappa shape index (κ2) is 10.6. The van der Waals surface area contributed by atoms with E-state index in [-0.39, 0.29) is 17.3 Å². The Morgan fingerprint density at radius 2 is 1.97 bits per heavy atom. The van der Waals surface area contributed by atoms with E-state index in [0.29, 0.717) is 34.6 Å². The van der Waals surface area contributed by atoms with Gasteiger partial charge in [0.05, 0.1) is 18.6 Å². The number of likely N-dealkylation sites (N-methyl/N-ethyl adjacent to an activating group) is 1. The lowest BCUT2D eigenvalue weighted by atomic mass is 10.2. The highest BCUT2D eigenvalue weighted by molar-refractivity contribution is 7.99. The van der Waals surface area contributed by atoms with E-state index < -0.39 is 10.0 Å². The van der Waals surface area contributed by atoms with E-state index in [1.165, 1.54) is 38.1 Å². The van der Waals surface area contributed by atoms with Crippen molar-refractivity contribution >= 4 is 27.7 Å². The molecule has 0 saturated heterocycles. The number of thioether (sulfide) groups is 1. The van der Waals surface area contributed by atoms with E-state index in [2.05, 4.69) is 20.5 Å². The first-order chi connectivity index (χ1) is 15.3. The van der Waals surface area contributed by atoms with Crippen LogP contribution in [0.5, 0.6) is 5.75 Å². The van der Waals surface area contributed by atoms with E-state index in [1.807, 2.05) is 30.3 Å². The number of rotatable bonds is 10. The van der Waals surface area contributed by atoms with E-state index in [9.17, 15) is 13.2 Å². The van der Waals surface area contributed by atoms with Gasteiger partial charge in [-0.25, -0.2) is 13.4 Å². The lowest BCUT2D eigenvalue weighted by Gasteiger charge is -2.17. The monoisotopic (exact) mass is 475 g/mol. The van der Waals surface area contributed by atoms with Crippen LogP contribution in [0.15, 0.2) is 58.6 Å². The number of aryl methyl sites for hydroxylation is 1. The number of aromatic nitrogens is 3. The Labute approximate surface area is 191 Å². The molecule has 3 aromatic rings. The number of amides is 1. The number of aromatic amines is 1. The fourth-order valence-electron chi connectivity index (χ4n) is 2.90. The zero-order valence-electron chi connectivity index (χ0n) is 18.0. The van der Waals surface area contributed by atoms with Gasteiger partial charge in [0.25, 0.3) is 0 Å². The zero-order valence-corrected chi connectivity index (χ0v) is 19.7. The van der Waals surface area contributed by atoms with Crippen LogP contribution in [0, 0.1) is 6.92 Å². The normalized spacial score (nSPS) is 11.5. The number of carbonyl (C=O) groups excluding carboxylic acids is 1. The van der Waals surface area contributed by atoms with Crippen molar-refractivity contribution in [3.8, 4) is 17.1 Å². The topological polar surface area (TPSA) is 117 Å². The zero-order chi connectivity index (χ0) is 23.1. The summed E-state index contributed by atoms with van der Waals surface area (Å²) in [4.78, 5) is 16.7. The largest absolute Gasteiger partial charge is 0.496 e. The molecule has 0 spiro atoms. The number of methoxy groups -OCH3 is 1. The van der Waals surface area contributed by atoms with Crippen molar-refractivity contribution in [2.45, 2.75) is 17.0 Å². The minimum atomic E-state index is -3.79. The number of nitrogens with zero attached hydrogens (tertiary/aromatic N) is 3. The fourth-order valence-corrected chi connectivity index (χ4v) is 4.77. The second-order valence-electron chi connectivity index (χ2n) is 6.92. The molecule has 0 aliphatic heterocycles. The highest BCUT2D eigenvalue weighted by Gasteiger charge is 2.23. The maximum atomic E-state index is 12.7. The van der Waals surface area contributed by atoms with Crippen molar-refractivity contribution in [2.24, 2.45) is 0 Å². The minimum Gasteiger partial charge on any atom is -0.496 e. The summed E-state index contributed by atoms with van der Waals surface area (Å²) in [6.07, 6.45) is 0. The summed E-state index contributed by atoms with van der Waals surface area (Å²) in [6.45, 7) is 1.84. The van der Waals surface area contributed by atoms with E-state index in [1.54, 1.807) is 13.0 Å². The molecule has 1 heterocycles. The third kappa shape index (κ3) is 5.87. The summed E-state index contributed by atoms with van der Waals surface area (Å²) in [6, 6.07) is 14.2. The molecule has 2 aromatic carbocycles. The Morgan fingerprint density at radius 1 is 1.22 bits per heavy atom. The van der Waals surface area contributed by atoms with Crippen LogP contribution in [0.1, 0.15) is 5.56 Å². The molecule has 0 aliphatic carbocycles. The Bertz CT molecular complexity index is 1170. The standard InChI is InChI=1S/C21H25N5O4S2/c1-15-13-17(9-10-18(15)30-3)32(28,29)26(2)14-19(27)22-11-12-31-21-23-20(24-25-21)16-7-5-4-6-8-16/h4-10,13H,11-12,14H2,1-3H3,(H,22,27)(H,23,24,25). The Kier molecular flexibility index (Phi) is 7.89. The lowest BCUT2D eigenvalue weighted by molar-refractivity contribution is -0.121. The average Bonchev–Trinajstić information content (AvgIpc) is 3.26. The summed E-state index contributed by atoms with van der Waals surface area (Å²) < 4.78 is 31.7. The Hall–Kier alpha value is -2.89. The number of hydrogen-bond acceptors (Lipinski definition) is 7. The van der Waals surface area contributed by atoms with Gasteiger partial charge in [0.15, 0.2) is 5.82 Å². The second-order valence-corrected chi connectivity index (χ2v) is 10.0. The van der Waals surface area contributed by atoms with Gasteiger partial charge >= 0.3 is 0 Å². The molecule has 3 rings (SSSR count). The lowest BCUT2D eigenvalue weighted by Crippen LogP contribution is -2.39. The molecule has 0 fully saturated rings. The molecule has 11 heteroatoms. The highest BCUT2D eigenvalue weighted by atomic mass is 32.2. The van der Waals surface area contributed by atoms with E-state index in [0.717, 1.165) is 9.87 Å². The van der Waals surface area contributed by atoms with Crippen molar-refractivity contribution in [1.82, 2.24) is 24.8 Å². The van der Waals surface area contributed by atoms with Gasteiger partial charge in [-0.15, -0.1) is 5.10 Å². The quantitative estimate of drug-likeness (QED) is 0.341. The molecule has 0 saturated carbocycles. The van der Waals surface area contributed by atoms with E-state index in [4.69, 9.17) is 4.74 Å². The number of ether oxygens (including phenoxy) is 1. The molecule has 9 nitrogen and oxygen atoms in total. The first-order valence-electron chi connectivity index (χ1n) is 9.79. The number of benzene rings is 2. The smallest absolute Gasteiger partial charge is 0.243 e. The van der Waals surface area contributed by atoms with Gasteiger partial charge in [-0.05, 0) is 30.7 Å². The molecule has 0 atom stereocenters. The summed E-state index contributed by atoms with van der Waals surface area (Å²) >= 11 is 1.39. The van der Waals surface area contributed by atoms with Gasteiger partial charge in [0.1, 0.15) is 5.75 Å². The first kappa shape index (κ1) is 23.8. The summed E-state index contributed by atoms with van der Waals surface area (Å²) in [5, 5.41) is 10.4. The predicted molar refractivity (Wildman–Crippen MR) is 123 cm³/mol. The summed E-state index contributed by atoms with van der Waals surface area (Å²) in [5.41, 5.74) is 1.64. The van der Waals surface area contributed by atoms with Crippen LogP contribution in [-0.2, 0) is 14.8 Å². The number of H-pyrrole nitrogens is 1. The molecule has 170 valence electrons. The number of sulfonamides is 1. The highest BCUT2D eigenvalue weighted by Crippen LogP contribution is 2.23. The third-order valence-corrected chi connectivity index (χ3v) is 7.26. The molecular weight excluding hydrogens is 450 g/mol. The maximum Gasteiger partial charge on any atom is 0.243 e. The van der Waals surface area contributed by atoms with Gasteiger partial charge in [-0.2, -0.15) is 4.31 Å². The molecule has 2 N–H and O–H groups in total. The van der Waals surface area contributed by atoms with Gasteiger partial charge in [-0.1, -0.05) is 42.1 Å². The van der Waals surface area contributed by atoms with Crippen molar-refractivity contribution in [2.75, 3.05) is 33.0 Å². The summed E-state index contributed by atoms with van der Waals surface area (Å²) in [7, 11) is -0.891. The molecule has 0 unspecified atom stereocenters. The molecule has 32 heavy (non-hydrogen) atoms. The average molecular weight is 476 g/mol. The first-order valence-corrected chi connectivity index (χ1v) is 12.2. The SMILES string of the molecule is COc1ccc(S(=O)(=O)N(C)CC(=O)NCCSc2n[nH]c(-c3ccccc3)n2)cc1C. The van der Waals surface area contributed by atoms with Crippen LogP contribution < -0.4 is 10.1 Å². The molecule has 1 amide bonds. The van der Waals surface area contributed by atoms with Crippen LogP contribution in [0.3, 0.4) is 0 Å². The summed E-state index contributed by atoms with van der Waals surface area (Å²) in [5.74, 6) is 1.44. The number of carbonyl (C=O) groups is 1. The van der Waals surface area contributed by atoms with Crippen LogP contribution >= 0.6 is 11.8 Å². The van der Waals surface area contributed by atoms with E-state index >= 15 is 0 Å². The molecule has 0 bridgehead atoms.